The molecule has 3 N–H and O–H groups in total. The first kappa shape index (κ1) is 16.8. The maximum absolute atomic E-state index is 11.7. The van der Waals surface area contributed by atoms with E-state index in [1.165, 1.54) is 6.20 Å². The smallest absolute Gasteiger partial charge is 0.326 e. The molecular weight excluding hydrogens is 268 g/mol. The highest BCUT2D eigenvalue weighted by molar-refractivity contribution is 5.83. The second kappa shape index (κ2) is 8.09. The molecule has 1 aromatic rings. The van der Waals surface area contributed by atoms with Crippen molar-refractivity contribution in [1.29, 1.82) is 0 Å². The summed E-state index contributed by atoms with van der Waals surface area (Å²) < 4.78 is 0. The van der Waals surface area contributed by atoms with Crippen LogP contribution in [0.4, 0.5) is 4.79 Å². The van der Waals surface area contributed by atoms with Crippen LogP contribution in [0.15, 0.2) is 30.5 Å². The number of carboxylic acids is 1. The summed E-state index contributed by atoms with van der Waals surface area (Å²) in [6, 6.07) is 6.42. The van der Waals surface area contributed by atoms with Crippen LogP contribution in [0.1, 0.15) is 31.4 Å². The molecule has 0 aromatic heterocycles. The van der Waals surface area contributed by atoms with Crippen LogP contribution >= 0.6 is 0 Å². The van der Waals surface area contributed by atoms with E-state index in [4.69, 9.17) is 5.11 Å². The highest BCUT2D eigenvalue weighted by Gasteiger charge is 2.20. The van der Waals surface area contributed by atoms with E-state index in [0.29, 0.717) is 6.42 Å². The zero-order chi connectivity index (χ0) is 15.8. The van der Waals surface area contributed by atoms with Crippen molar-refractivity contribution in [1.82, 2.24) is 10.6 Å². The van der Waals surface area contributed by atoms with Crippen LogP contribution < -0.4 is 10.6 Å². The number of urea groups is 1. The predicted molar refractivity (Wildman–Crippen MR) is 82.8 cm³/mol. The van der Waals surface area contributed by atoms with Crippen LogP contribution in [-0.4, -0.2) is 23.1 Å². The summed E-state index contributed by atoms with van der Waals surface area (Å²) in [7, 11) is 0. The number of benzene rings is 1. The lowest BCUT2D eigenvalue weighted by molar-refractivity contribution is -0.139. The van der Waals surface area contributed by atoms with Crippen LogP contribution in [0.2, 0.25) is 0 Å². The molecule has 1 atom stereocenters. The summed E-state index contributed by atoms with van der Waals surface area (Å²) >= 11 is 0. The van der Waals surface area contributed by atoms with E-state index in [1.807, 2.05) is 45.0 Å². The van der Waals surface area contributed by atoms with Gasteiger partial charge in [0.05, 0.1) is 0 Å². The summed E-state index contributed by atoms with van der Waals surface area (Å²) in [4.78, 5) is 22.7. The number of rotatable bonds is 6. The molecule has 2 amide bonds. The topological polar surface area (TPSA) is 78.4 Å². The van der Waals surface area contributed by atoms with Crippen molar-refractivity contribution in [2.45, 2.75) is 33.2 Å². The quantitative estimate of drug-likeness (QED) is 0.753. The largest absolute Gasteiger partial charge is 0.480 e. The van der Waals surface area contributed by atoms with Crippen LogP contribution in [0.5, 0.6) is 0 Å². The normalized spacial score (nSPS) is 12.4. The highest BCUT2D eigenvalue weighted by atomic mass is 16.4. The molecule has 0 aliphatic carbocycles. The summed E-state index contributed by atoms with van der Waals surface area (Å²) in [5.74, 6) is -0.837. The SMILES string of the molecule is Cc1cccc(/C=C/NC(=O)NC(CC(C)C)C(=O)O)c1. The molecule has 0 bridgehead atoms. The number of carbonyl (C=O) groups is 2. The Labute approximate surface area is 125 Å². The van der Waals surface area contributed by atoms with Crippen molar-refractivity contribution in [3.05, 3.63) is 41.6 Å². The molecule has 0 radical (unpaired) electrons. The maximum atomic E-state index is 11.7. The molecule has 1 aromatic carbocycles. The average Bonchev–Trinajstić information content (AvgIpc) is 2.37. The Hall–Kier alpha value is -2.30. The van der Waals surface area contributed by atoms with Gasteiger partial charge in [0.2, 0.25) is 0 Å². The summed E-state index contributed by atoms with van der Waals surface area (Å²) in [6.45, 7) is 5.81. The summed E-state index contributed by atoms with van der Waals surface area (Å²) in [5, 5.41) is 14.0. The van der Waals surface area contributed by atoms with Crippen LogP contribution in [0.3, 0.4) is 0 Å². The molecule has 0 heterocycles. The van der Waals surface area contributed by atoms with E-state index in [-0.39, 0.29) is 5.92 Å². The van der Waals surface area contributed by atoms with Gasteiger partial charge in [0.15, 0.2) is 0 Å². The van der Waals surface area contributed by atoms with Gasteiger partial charge in [0.1, 0.15) is 6.04 Å². The number of carbonyl (C=O) groups excluding carboxylic acids is 1. The predicted octanol–water partition coefficient (Wildman–Crippen LogP) is 2.76. The molecule has 0 aliphatic rings. The number of hydrogen-bond acceptors (Lipinski definition) is 2. The van der Waals surface area contributed by atoms with E-state index in [2.05, 4.69) is 10.6 Å². The molecule has 114 valence electrons. The molecular formula is C16H22N2O3. The number of aliphatic carboxylic acids is 1. The monoisotopic (exact) mass is 290 g/mol. The average molecular weight is 290 g/mol. The van der Waals surface area contributed by atoms with Gasteiger partial charge in [-0.3, -0.25) is 0 Å². The third-order valence-corrected chi connectivity index (χ3v) is 2.84. The van der Waals surface area contributed by atoms with Gasteiger partial charge in [0.25, 0.3) is 0 Å². The van der Waals surface area contributed by atoms with Crippen molar-refractivity contribution >= 4 is 18.1 Å². The van der Waals surface area contributed by atoms with Gasteiger partial charge >= 0.3 is 12.0 Å². The van der Waals surface area contributed by atoms with Gasteiger partial charge in [0, 0.05) is 6.20 Å². The Morgan fingerprint density at radius 2 is 2.05 bits per heavy atom. The molecule has 0 fully saturated rings. The van der Waals surface area contributed by atoms with Gasteiger partial charge in [-0.15, -0.1) is 0 Å². The molecule has 5 nitrogen and oxygen atoms in total. The summed E-state index contributed by atoms with van der Waals surface area (Å²) in [6.07, 6.45) is 3.65. The highest BCUT2D eigenvalue weighted by Crippen LogP contribution is 2.06. The third kappa shape index (κ3) is 6.61. The third-order valence-electron chi connectivity index (χ3n) is 2.84. The van der Waals surface area contributed by atoms with Gasteiger partial charge in [-0.25, -0.2) is 9.59 Å². The fourth-order valence-corrected chi connectivity index (χ4v) is 1.88. The summed E-state index contributed by atoms with van der Waals surface area (Å²) in [5.41, 5.74) is 2.09. The van der Waals surface area contributed by atoms with E-state index in [9.17, 15) is 9.59 Å². The first-order chi connectivity index (χ1) is 9.88. The number of hydrogen-bond donors (Lipinski definition) is 3. The minimum absolute atomic E-state index is 0.189. The number of carboxylic acid groups (broad SMARTS) is 1. The lowest BCUT2D eigenvalue weighted by Gasteiger charge is -2.15. The molecule has 1 unspecified atom stereocenters. The fraction of sp³-hybridized carbons (Fsp3) is 0.375. The number of nitrogens with one attached hydrogen (secondary N) is 2. The Balaban J connectivity index is 2.51. The Morgan fingerprint density at radius 1 is 1.33 bits per heavy atom. The Kier molecular flexibility index (Phi) is 6.46. The number of amides is 2. The van der Waals surface area contributed by atoms with Crippen molar-refractivity contribution in [2.75, 3.05) is 0 Å². The van der Waals surface area contributed by atoms with Crippen molar-refractivity contribution < 1.29 is 14.7 Å². The fourth-order valence-electron chi connectivity index (χ4n) is 1.88. The molecule has 21 heavy (non-hydrogen) atoms. The minimum Gasteiger partial charge on any atom is -0.480 e. The first-order valence-electron chi connectivity index (χ1n) is 6.91. The Bertz CT molecular complexity index is 524. The zero-order valence-electron chi connectivity index (χ0n) is 12.6. The van der Waals surface area contributed by atoms with Gasteiger partial charge in [-0.2, -0.15) is 0 Å². The first-order valence-corrected chi connectivity index (χ1v) is 6.91. The van der Waals surface area contributed by atoms with Crippen LogP contribution in [0.25, 0.3) is 6.08 Å². The second-order valence-electron chi connectivity index (χ2n) is 5.39. The molecule has 0 spiro atoms. The lowest BCUT2D eigenvalue weighted by Crippen LogP contribution is -2.45. The van der Waals surface area contributed by atoms with E-state index in [0.717, 1.165) is 11.1 Å². The van der Waals surface area contributed by atoms with Crippen LogP contribution in [-0.2, 0) is 4.79 Å². The van der Waals surface area contributed by atoms with Crippen molar-refractivity contribution in [3.8, 4) is 0 Å². The van der Waals surface area contributed by atoms with Gasteiger partial charge in [-0.1, -0.05) is 43.7 Å². The van der Waals surface area contributed by atoms with E-state index >= 15 is 0 Å². The lowest BCUT2D eigenvalue weighted by atomic mass is 10.0. The molecule has 5 heteroatoms. The Morgan fingerprint density at radius 3 is 2.62 bits per heavy atom. The van der Waals surface area contributed by atoms with Crippen molar-refractivity contribution in [2.24, 2.45) is 5.92 Å². The molecule has 0 saturated carbocycles. The zero-order valence-corrected chi connectivity index (χ0v) is 12.6. The molecule has 0 saturated heterocycles. The van der Waals surface area contributed by atoms with E-state index in [1.54, 1.807) is 6.08 Å². The second-order valence-corrected chi connectivity index (χ2v) is 5.39. The molecule has 1 rings (SSSR count). The van der Waals surface area contributed by atoms with E-state index < -0.39 is 18.0 Å². The number of aryl methyl sites for hydroxylation is 1. The van der Waals surface area contributed by atoms with Gasteiger partial charge in [-0.05, 0) is 30.9 Å². The van der Waals surface area contributed by atoms with Crippen LogP contribution in [0, 0.1) is 12.8 Å². The standard InChI is InChI=1S/C16H22N2O3/c1-11(2)9-14(15(19)20)18-16(21)17-8-7-13-6-4-5-12(3)10-13/h4-8,10-11,14H,9H2,1-3H3,(H,19,20)(H2,17,18,21)/b8-7+. The molecule has 0 aliphatic heterocycles. The minimum atomic E-state index is -1.03. The van der Waals surface area contributed by atoms with Crippen molar-refractivity contribution in [3.63, 3.8) is 0 Å². The van der Waals surface area contributed by atoms with Gasteiger partial charge < -0.3 is 15.7 Å². The maximum Gasteiger partial charge on any atom is 0.326 e.